The zero-order valence-corrected chi connectivity index (χ0v) is 10.8. The standard InChI is InChI=1S/C13H17N3O3/c1-8-2-3-10(12(14)19)13(15-8)16-5-4-9(7-16)6-11(17)18/h2-3,9H,4-7H2,1H3,(H2,14,19)(H,17,18). The summed E-state index contributed by atoms with van der Waals surface area (Å²) in [7, 11) is 0. The van der Waals surface area contributed by atoms with Crippen molar-refractivity contribution in [2.24, 2.45) is 11.7 Å². The predicted octanol–water partition coefficient (Wildman–Crippen LogP) is 0.790. The van der Waals surface area contributed by atoms with E-state index in [0.717, 1.165) is 12.1 Å². The molecule has 102 valence electrons. The topological polar surface area (TPSA) is 96.5 Å². The molecule has 0 spiro atoms. The third-order valence-corrected chi connectivity index (χ3v) is 3.33. The number of hydrogen-bond donors (Lipinski definition) is 2. The van der Waals surface area contributed by atoms with Crippen molar-refractivity contribution in [2.45, 2.75) is 19.8 Å². The van der Waals surface area contributed by atoms with Gasteiger partial charge in [-0.15, -0.1) is 0 Å². The molecule has 2 rings (SSSR count). The van der Waals surface area contributed by atoms with Crippen LogP contribution in [0.1, 0.15) is 28.9 Å². The number of amides is 1. The monoisotopic (exact) mass is 263 g/mol. The Morgan fingerprint density at radius 2 is 2.26 bits per heavy atom. The number of carbonyl (C=O) groups excluding carboxylic acids is 1. The number of aromatic nitrogens is 1. The molecular weight excluding hydrogens is 246 g/mol. The van der Waals surface area contributed by atoms with E-state index >= 15 is 0 Å². The summed E-state index contributed by atoms with van der Waals surface area (Å²) in [6.07, 6.45) is 0.939. The zero-order chi connectivity index (χ0) is 14.0. The number of carboxylic acid groups (broad SMARTS) is 1. The highest BCUT2D eigenvalue weighted by Gasteiger charge is 2.27. The van der Waals surface area contributed by atoms with Crippen LogP contribution < -0.4 is 10.6 Å². The second kappa shape index (κ2) is 5.26. The SMILES string of the molecule is Cc1ccc(C(N)=O)c(N2CCC(CC(=O)O)C2)n1. The number of pyridine rings is 1. The van der Waals surface area contributed by atoms with E-state index in [4.69, 9.17) is 10.8 Å². The van der Waals surface area contributed by atoms with Gasteiger partial charge in [0.15, 0.2) is 0 Å². The highest BCUT2D eigenvalue weighted by Crippen LogP contribution is 2.27. The van der Waals surface area contributed by atoms with E-state index in [-0.39, 0.29) is 12.3 Å². The van der Waals surface area contributed by atoms with Gasteiger partial charge < -0.3 is 15.7 Å². The summed E-state index contributed by atoms with van der Waals surface area (Å²) in [4.78, 5) is 28.4. The number of anilines is 1. The maximum atomic E-state index is 11.4. The van der Waals surface area contributed by atoms with Crippen molar-refractivity contribution < 1.29 is 14.7 Å². The Kier molecular flexibility index (Phi) is 3.69. The normalized spacial score (nSPS) is 18.6. The fourth-order valence-electron chi connectivity index (χ4n) is 2.41. The van der Waals surface area contributed by atoms with Crippen LogP contribution in [0.3, 0.4) is 0 Å². The molecule has 1 aliphatic rings. The lowest BCUT2D eigenvalue weighted by atomic mass is 10.1. The number of aryl methyl sites for hydroxylation is 1. The van der Waals surface area contributed by atoms with Crippen LogP contribution >= 0.6 is 0 Å². The van der Waals surface area contributed by atoms with Gasteiger partial charge in [0.05, 0.1) is 5.56 Å². The molecular formula is C13H17N3O3. The molecule has 6 heteroatoms. The molecule has 0 aliphatic carbocycles. The van der Waals surface area contributed by atoms with Gasteiger partial charge in [-0.25, -0.2) is 4.98 Å². The summed E-state index contributed by atoms with van der Waals surface area (Å²) in [6.45, 7) is 3.15. The first kappa shape index (κ1) is 13.3. The molecule has 1 aromatic rings. The van der Waals surface area contributed by atoms with Gasteiger partial charge >= 0.3 is 5.97 Å². The number of aliphatic carboxylic acids is 1. The number of nitrogens with zero attached hydrogens (tertiary/aromatic N) is 2. The summed E-state index contributed by atoms with van der Waals surface area (Å²) < 4.78 is 0. The molecule has 0 bridgehead atoms. The van der Waals surface area contributed by atoms with E-state index in [1.54, 1.807) is 12.1 Å². The molecule has 1 saturated heterocycles. The largest absolute Gasteiger partial charge is 0.481 e. The third-order valence-electron chi connectivity index (χ3n) is 3.33. The lowest BCUT2D eigenvalue weighted by molar-refractivity contribution is -0.137. The van der Waals surface area contributed by atoms with E-state index in [2.05, 4.69) is 4.98 Å². The minimum absolute atomic E-state index is 0.0977. The Morgan fingerprint density at radius 1 is 1.53 bits per heavy atom. The second-order valence-corrected chi connectivity index (χ2v) is 4.89. The Balaban J connectivity index is 2.21. The first-order valence-electron chi connectivity index (χ1n) is 6.21. The Hall–Kier alpha value is -2.11. The smallest absolute Gasteiger partial charge is 0.303 e. The maximum Gasteiger partial charge on any atom is 0.303 e. The van der Waals surface area contributed by atoms with E-state index in [1.807, 2.05) is 11.8 Å². The number of nitrogens with two attached hydrogens (primary N) is 1. The fourth-order valence-corrected chi connectivity index (χ4v) is 2.41. The van der Waals surface area contributed by atoms with Crippen molar-refractivity contribution in [3.8, 4) is 0 Å². The lowest BCUT2D eigenvalue weighted by Crippen LogP contribution is -2.26. The van der Waals surface area contributed by atoms with Crippen molar-refractivity contribution >= 4 is 17.7 Å². The number of primary amides is 1. The van der Waals surface area contributed by atoms with Crippen molar-refractivity contribution in [1.82, 2.24) is 4.98 Å². The molecule has 1 aromatic heterocycles. The minimum Gasteiger partial charge on any atom is -0.481 e. The minimum atomic E-state index is -0.792. The molecule has 0 radical (unpaired) electrons. The van der Waals surface area contributed by atoms with Crippen molar-refractivity contribution in [3.05, 3.63) is 23.4 Å². The molecule has 0 saturated carbocycles. The Bertz CT molecular complexity index is 516. The molecule has 1 fully saturated rings. The summed E-state index contributed by atoms with van der Waals surface area (Å²) in [5.74, 6) is -0.635. The zero-order valence-electron chi connectivity index (χ0n) is 10.8. The average molecular weight is 263 g/mol. The summed E-state index contributed by atoms with van der Waals surface area (Å²) in [6, 6.07) is 3.42. The van der Waals surface area contributed by atoms with E-state index in [1.165, 1.54) is 0 Å². The fraction of sp³-hybridized carbons (Fsp3) is 0.462. The van der Waals surface area contributed by atoms with Gasteiger partial charge in [-0.3, -0.25) is 9.59 Å². The van der Waals surface area contributed by atoms with E-state index in [9.17, 15) is 9.59 Å². The highest BCUT2D eigenvalue weighted by atomic mass is 16.4. The van der Waals surface area contributed by atoms with Crippen LogP contribution in [-0.4, -0.2) is 35.1 Å². The van der Waals surface area contributed by atoms with Crippen molar-refractivity contribution in [2.75, 3.05) is 18.0 Å². The highest BCUT2D eigenvalue weighted by molar-refractivity contribution is 5.97. The van der Waals surface area contributed by atoms with Crippen LogP contribution in [0.5, 0.6) is 0 Å². The van der Waals surface area contributed by atoms with Crippen LogP contribution in [0.15, 0.2) is 12.1 Å². The van der Waals surface area contributed by atoms with Crippen molar-refractivity contribution in [1.29, 1.82) is 0 Å². The molecule has 1 unspecified atom stereocenters. The first-order chi connectivity index (χ1) is 8.97. The van der Waals surface area contributed by atoms with E-state index in [0.29, 0.717) is 24.5 Å². The molecule has 2 heterocycles. The number of carbonyl (C=O) groups is 2. The predicted molar refractivity (Wildman–Crippen MR) is 70.1 cm³/mol. The first-order valence-corrected chi connectivity index (χ1v) is 6.21. The molecule has 3 N–H and O–H groups in total. The summed E-state index contributed by atoms with van der Waals surface area (Å²) in [5, 5.41) is 8.81. The summed E-state index contributed by atoms with van der Waals surface area (Å²) in [5.41, 5.74) is 6.55. The third kappa shape index (κ3) is 3.01. The molecule has 0 aromatic carbocycles. The average Bonchev–Trinajstić information content (AvgIpc) is 2.75. The van der Waals surface area contributed by atoms with E-state index < -0.39 is 11.9 Å². The molecule has 6 nitrogen and oxygen atoms in total. The van der Waals surface area contributed by atoms with Crippen LogP contribution in [0.25, 0.3) is 0 Å². The van der Waals surface area contributed by atoms with Gasteiger partial charge in [-0.05, 0) is 31.4 Å². The molecule has 19 heavy (non-hydrogen) atoms. The molecule has 1 amide bonds. The van der Waals surface area contributed by atoms with Gasteiger partial charge in [-0.2, -0.15) is 0 Å². The van der Waals surface area contributed by atoms with Gasteiger partial charge in [0, 0.05) is 25.2 Å². The number of rotatable bonds is 4. The van der Waals surface area contributed by atoms with Crippen LogP contribution in [0.4, 0.5) is 5.82 Å². The van der Waals surface area contributed by atoms with Crippen LogP contribution in [0, 0.1) is 12.8 Å². The van der Waals surface area contributed by atoms with Gasteiger partial charge in [0.2, 0.25) is 0 Å². The molecule has 1 atom stereocenters. The second-order valence-electron chi connectivity index (χ2n) is 4.89. The van der Waals surface area contributed by atoms with Gasteiger partial charge in [0.1, 0.15) is 5.82 Å². The van der Waals surface area contributed by atoms with Crippen LogP contribution in [0.2, 0.25) is 0 Å². The lowest BCUT2D eigenvalue weighted by Gasteiger charge is -2.20. The Morgan fingerprint density at radius 3 is 2.89 bits per heavy atom. The number of carboxylic acids is 1. The quantitative estimate of drug-likeness (QED) is 0.837. The van der Waals surface area contributed by atoms with Gasteiger partial charge in [-0.1, -0.05) is 0 Å². The maximum absolute atomic E-state index is 11.4. The summed E-state index contributed by atoms with van der Waals surface area (Å²) >= 11 is 0. The number of hydrogen-bond acceptors (Lipinski definition) is 4. The van der Waals surface area contributed by atoms with Gasteiger partial charge in [0.25, 0.3) is 5.91 Å². The Labute approximate surface area is 111 Å². The van der Waals surface area contributed by atoms with Crippen LogP contribution in [-0.2, 0) is 4.79 Å². The van der Waals surface area contributed by atoms with Crippen molar-refractivity contribution in [3.63, 3.8) is 0 Å². The molecule has 1 aliphatic heterocycles.